The number of benzene rings is 1. The van der Waals surface area contributed by atoms with E-state index >= 15 is 0 Å². The molecule has 0 N–H and O–H groups in total. The molecule has 0 unspecified atom stereocenters. The molecule has 0 saturated heterocycles. The predicted molar refractivity (Wildman–Crippen MR) is 116 cm³/mol. The Kier molecular flexibility index (Phi) is 6.58. The summed E-state index contributed by atoms with van der Waals surface area (Å²) in [5.74, 6) is -1.56. The monoisotopic (exact) mass is 461 g/mol. The van der Waals surface area contributed by atoms with Crippen molar-refractivity contribution in [1.82, 2.24) is 19.7 Å². The molecule has 3 rings (SSSR count). The summed E-state index contributed by atoms with van der Waals surface area (Å²) in [7, 11) is 1.24. The molecule has 3 aromatic rings. The van der Waals surface area contributed by atoms with Crippen LogP contribution in [0.3, 0.4) is 0 Å². The molecule has 168 valence electrons. The second-order valence-corrected chi connectivity index (χ2v) is 8.74. The number of alkyl halides is 2. The second kappa shape index (κ2) is 9.03. The molecule has 0 radical (unpaired) electrons. The van der Waals surface area contributed by atoms with Crippen LogP contribution in [0.1, 0.15) is 20.8 Å². The van der Waals surface area contributed by atoms with Gasteiger partial charge in [-0.05, 0) is 56.8 Å². The first-order chi connectivity index (χ1) is 15.0. The number of amides is 1. The number of halogens is 2. The van der Waals surface area contributed by atoms with Crippen LogP contribution in [-0.4, -0.2) is 49.7 Å². The number of para-hydroxylation sites is 1. The molecular formula is C21H21F2N5O3S. The van der Waals surface area contributed by atoms with Crippen molar-refractivity contribution < 1.29 is 23.1 Å². The number of thioether (sulfide) groups is 1. The predicted octanol–water partition coefficient (Wildman–Crippen LogP) is 4.47. The van der Waals surface area contributed by atoms with E-state index in [-0.39, 0.29) is 23.3 Å². The fraction of sp³-hybridized carbons (Fsp3) is 0.286. The molecule has 0 aliphatic heterocycles. The van der Waals surface area contributed by atoms with Crippen LogP contribution < -0.4 is 4.90 Å². The fourth-order valence-corrected chi connectivity index (χ4v) is 3.38. The standard InChI is InChI=1S/C21H21F2N5O3S/c1-20(2,3)31-19(30)28-16(15-12-8-9-13-24-15)25-26-18(28)32-21(22,23)17(29)27(4)14-10-6-5-7-11-14/h5-13H,1-4H3. The van der Waals surface area contributed by atoms with Crippen LogP contribution in [0, 0.1) is 0 Å². The molecule has 2 heterocycles. The number of pyridine rings is 1. The van der Waals surface area contributed by atoms with Crippen LogP contribution >= 0.6 is 11.8 Å². The third-order valence-corrected chi connectivity index (χ3v) is 4.90. The lowest BCUT2D eigenvalue weighted by atomic mass is 10.2. The number of aromatic nitrogens is 4. The molecule has 0 spiro atoms. The quantitative estimate of drug-likeness (QED) is 0.518. The molecule has 0 aliphatic rings. The Hall–Kier alpha value is -3.34. The average Bonchev–Trinajstić information content (AvgIpc) is 3.15. The van der Waals surface area contributed by atoms with E-state index in [0.717, 1.165) is 9.47 Å². The highest BCUT2D eigenvalue weighted by atomic mass is 32.2. The second-order valence-electron chi connectivity index (χ2n) is 7.66. The lowest BCUT2D eigenvalue weighted by Crippen LogP contribution is -2.39. The molecule has 1 amide bonds. The van der Waals surface area contributed by atoms with Gasteiger partial charge in [-0.1, -0.05) is 24.3 Å². The summed E-state index contributed by atoms with van der Waals surface area (Å²) in [6, 6.07) is 12.9. The van der Waals surface area contributed by atoms with E-state index in [1.54, 1.807) is 57.2 Å². The summed E-state index contributed by atoms with van der Waals surface area (Å²) in [5, 5.41) is 3.14. The molecule has 2 aromatic heterocycles. The van der Waals surface area contributed by atoms with Gasteiger partial charge in [-0.2, -0.15) is 8.78 Å². The van der Waals surface area contributed by atoms with Gasteiger partial charge in [0.15, 0.2) is 5.82 Å². The molecule has 8 nitrogen and oxygen atoms in total. The van der Waals surface area contributed by atoms with Crippen molar-refractivity contribution in [3.05, 3.63) is 54.7 Å². The van der Waals surface area contributed by atoms with E-state index in [0.29, 0.717) is 5.69 Å². The van der Waals surface area contributed by atoms with Gasteiger partial charge in [0.05, 0.1) is 0 Å². The SMILES string of the molecule is CN(C(=O)C(F)(F)Sc1nnc(-c2ccccn2)n1C(=O)OC(C)(C)C)c1ccccc1. The number of hydrogen-bond acceptors (Lipinski definition) is 7. The molecule has 1 aromatic carbocycles. The number of carbonyl (C=O) groups excluding carboxylic acids is 2. The minimum Gasteiger partial charge on any atom is -0.443 e. The Morgan fingerprint density at radius 1 is 1.03 bits per heavy atom. The first kappa shape index (κ1) is 23.3. The number of carbonyl (C=O) groups is 2. The Morgan fingerprint density at radius 3 is 2.28 bits per heavy atom. The van der Waals surface area contributed by atoms with E-state index < -0.39 is 28.0 Å². The number of ether oxygens (including phenoxy) is 1. The van der Waals surface area contributed by atoms with Crippen LogP contribution in [0.4, 0.5) is 19.3 Å². The van der Waals surface area contributed by atoms with Gasteiger partial charge in [-0.25, -0.2) is 9.36 Å². The van der Waals surface area contributed by atoms with Crippen molar-refractivity contribution in [2.45, 2.75) is 36.8 Å². The molecule has 32 heavy (non-hydrogen) atoms. The topological polar surface area (TPSA) is 90.2 Å². The summed E-state index contributed by atoms with van der Waals surface area (Å²) in [4.78, 5) is 30.3. The molecular weight excluding hydrogens is 440 g/mol. The molecule has 0 atom stereocenters. The molecule has 11 heteroatoms. The Balaban J connectivity index is 1.97. The lowest BCUT2D eigenvalue weighted by molar-refractivity contribution is -0.131. The average molecular weight is 461 g/mol. The summed E-state index contributed by atoms with van der Waals surface area (Å²) in [6.07, 6.45) is 0.494. The Bertz CT molecular complexity index is 1100. The molecule has 0 aliphatic carbocycles. The zero-order valence-electron chi connectivity index (χ0n) is 17.8. The maximum Gasteiger partial charge on any atom is 0.422 e. The number of anilines is 1. The summed E-state index contributed by atoms with van der Waals surface area (Å²) >= 11 is -0.190. The summed E-state index contributed by atoms with van der Waals surface area (Å²) < 4.78 is 36.0. The maximum absolute atomic E-state index is 15.0. The largest absolute Gasteiger partial charge is 0.443 e. The van der Waals surface area contributed by atoms with Gasteiger partial charge >= 0.3 is 17.3 Å². The third kappa shape index (κ3) is 5.28. The summed E-state index contributed by atoms with van der Waals surface area (Å²) in [6.45, 7) is 4.90. The number of nitrogens with zero attached hydrogens (tertiary/aromatic N) is 5. The first-order valence-electron chi connectivity index (χ1n) is 9.50. The van der Waals surface area contributed by atoms with Crippen molar-refractivity contribution in [2.75, 3.05) is 11.9 Å². The third-order valence-electron chi connectivity index (χ3n) is 4.02. The van der Waals surface area contributed by atoms with Gasteiger partial charge < -0.3 is 9.64 Å². The van der Waals surface area contributed by atoms with Gasteiger partial charge in [0, 0.05) is 18.9 Å². The number of rotatable bonds is 5. The van der Waals surface area contributed by atoms with Crippen LogP contribution in [0.5, 0.6) is 0 Å². The Morgan fingerprint density at radius 2 is 1.69 bits per heavy atom. The smallest absolute Gasteiger partial charge is 0.422 e. The zero-order valence-corrected chi connectivity index (χ0v) is 18.6. The van der Waals surface area contributed by atoms with Crippen molar-refractivity contribution in [3.8, 4) is 11.5 Å². The van der Waals surface area contributed by atoms with Gasteiger partial charge in [0.1, 0.15) is 11.3 Å². The lowest BCUT2D eigenvalue weighted by Gasteiger charge is -2.23. The number of hydrogen-bond donors (Lipinski definition) is 0. The van der Waals surface area contributed by atoms with E-state index in [2.05, 4.69) is 15.2 Å². The van der Waals surface area contributed by atoms with Gasteiger partial charge in [-0.3, -0.25) is 9.78 Å². The van der Waals surface area contributed by atoms with Crippen molar-refractivity contribution in [2.24, 2.45) is 0 Å². The van der Waals surface area contributed by atoms with Crippen molar-refractivity contribution in [1.29, 1.82) is 0 Å². The highest BCUT2D eigenvalue weighted by Gasteiger charge is 2.45. The summed E-state index contributed by atoms with van der Waals surface area (Å²) in [5.41, 5.74) is -0.384. The van der Waals surface area contributed by atoms with E-state index in [1.165, 1.54) is 25.4 Å². The molecule has 0 bridgehead atoms. The van der Waals surface area contributed by atoms with Crippen LogP contribution in [0.15, 0.2) is 59.9 Å². The van der Waals surface area contributed by atoms with Crippen LogP contribution in [0.2, 0.25) is 0 Å². The Labute approximate surface area is 187 Å². The highest BCUT2D eigenvalue weighted by molar-refractivity contribution is 8.01. The minimum absolute atomic E-state index is 0.0815. The highest BCUT2D eigenvalue weighted by Crippen LogP contribution is 2.38. The first-order valence-corrected chi connectivity index (χ1v) is 10.3. The molecule has 0 fully saturated rings. The normalized spacial score (nSPS) is 11.8. The minimum atomic E-state index is -3.95. The van der Waals surface area contributed by atoms with Gasteiger partial charge in [-0.15, -0.1) is 10.2 Å². The van der Waals surface area contributed by atoms with E-state index in [1.807, 2.05) is 0 Å². The van der Waals surface area contributed by atoms with Gasteiger partial charge in [0.2, 0.25) is 5.16 Å². The van der Waals surface area contributed by atoms with Crippen molar-refractivity contribution >= 4 is 29.4 Å². The van der Waals surface area contributed by atoms with Crippen LogP contribution in [0.25, 0.3) is 11.5 Å². The molecule has 0 saturated carbocycles. The zero-order chi connectivity index (χ0) is 23.5. The van der Waals surface area contributed by atoms with Gasteiger partial charge in [0.25, 0.3) is 0 Å². The van der Waals surface area contributed by atoms with Crippen LogP contribution in [-0.2, 0) is 9.53 Å². The van der Waals surface area contributed by atoms with E-state index in [4.69, 9.17) is 4.74 Å². The van der Waals surface area contributed by atoms with E-state index in [9.17, 15) is 18.4 Å². The fourth-order valence-electron chi connectivity index (χ4n) is 2.59. The maximum atomic E-state index is 15.0. The van der Waals surface area contributed by atoms with Crippen molar-refractivity contribution in [3.63, 3.8) is 0 Å².